The molecule has 0 bridgehead atoms. The number of esters is 1. The van der Waals surface area contributed by atoms with Gasteiger partial charge < -0.3 is 19.5 Å². The molecule has 198 valence electrons. The zero-order chi connectivity index (χ0) is 27.0. The van der Waals surface area contributed by atoms with E-state index in [0.29, 0.717) is 35.4 Å². The molecule has 7 nitrogen and oxygen atoms in total. The SMILES string of the molecule is CC.CC.Cc1c(F)cc2nc3c(c4c2c1CCC4CCCO)Cn1c-3cc2c(c1=O)COC(=O)C2O. The average molecular weight is 511 g/mol. The van der Waals surface area contributed by atoms with Crippen LogP contribution in [0.25, 0.3) is 22.3 Å². The van der Waals surface area contributed by atoms with Gasteiger partial charge in [0.25, 0.3) is 5.56 Å². The summed E-state index contributed by atoms with van der Waals surface area (Å²) in [7, 11) is 0. The fraction of sp³-hybridized carbons (Fsp3) is 0.483. The summed E-state index contributed by atoms with van der Waals surface area (Å²) in [5.74, 6) is -0.912. The number of carbonyl (C=O) groups is 1. The van der Waals surface area contributed by atoms with E-state index in [-0.39, 0.29) is 41.6 Å². The summed E-state index contributed by atoms with van der Waals surface area (Å²) >= 11 is 0. The summed E-state index contributed by atoms with van der Waals surface area (Å²) in [6.07, 6.45) is 1.52. The normalized spacial score (nSPS) is 18.5. The van der Waals surface area contributed by atoms with Crippen LogP contribution in [0.3, 0.4) is 0 Å². The van der Waals surface area contributed by atoms with E-state index in [2.05, 4.69) is 0 Å². The van der Waals surface area contributed by atoms with E-state index in [4.69, 9.17) is 9.72 Å². The van der Waals surface area contributed by atoms with Gasteiger partial charge in [-0.05, 0) is 61.3 Å². The molecule has 1 aliphatic carbocycles. The minimum absolute atomic E-state index is 0.0978. The minimum atomic E-state index is -1.51. The van der Waals surface area contributed by atoms with Gasteiger partial charge in [-0.25, -0.2) is 14.2 Å². The van der Waals surface area contributed by atoms with Crippen molar-refractivity contribution in [1.82, 2.24) is 9.55 Å². The first-order chi connectivity index (χ1) is 17.9. The number of aliphatic hydroxyl groups is 2. The van der Waals surface area contributed by atoms with Crippen molar-refractivity contribution in [3.05, 3.63) is 61.7 Å². The number of hydrogen-bond donors (Lipinski definition) is 2. The molecule has 0 fully saturated rings. The number of ether oxygens (including phenoxy) is 1. The molecule has 3 aromatic rings. The Morgan fingerprint density at radius 2 is 1.86 bits per heavy atom. The first kappa shape index (κ1) is 26.9. The molecular weight excluding hydrogens is 475 g/mol. The van der Waals surface area contributed by atoms with Gasteiger partial charge in [0.05, 0.1) is 29.0 Å². The molecule has 0 saturated carbocycles. The number of rotatable bonds is 3. The lowest BCUT2D eigenvalue weighted by Gasteiger charge is -2.29. The second-order valence-electron chi connectivity index (χ2n) is 9.18. The van der Waals surface area contributed by atoms with Crippen molar-refractivity contribution in [3.8, 4) is 11.4 Å². The van der Waals surface area contributed by atoms with Crippen LogP contribution in [0.2, 0.25) is 0 Å². The molecule has 2 atom stereocenters. The minimum Gasteiger partial charge on any atom is -0.458 e. The maximum absolute atomic E-state index is 14.8. The molecule has 2 aromatic heterocycles. The van der Waals surface area contributed by atoms with E-state index in [1.807, 2.05) is 27.7 Å². The fourth-order valence-electron chi connectivity index (χ4n) is 5.82. The molecule has 0 radical (unpaired) electrons. The molecule has 6 rings (SSSR count). The first-order valence-corrected chi connectivity index (χ1v) is 13.3. The van der Waals surface area contributed by atoms with Gasteiger partial charge in [-0.15, -0.1) is 0 Å². The Morgan fingerprint density at radius 3 is 2.57 bits per heavy atom. The van der Waals surface area contributed by atoms with Crippen LogP contribution in [0.1, 0.15) is 92.4 Å². The second-order valence-corrected chi connectivity index (χ2v) is 9.18. The molecule has 2 aliphatic heterocycles. The fourth-order valence-corrected chi connectivity index (χ4v) is 5.82. The lowest BCUT2D eigenvalue weighted by molar-refractivity contribution is -0.157. The number of cyclic esters (lactones) is 1. The molecule has 8 heteroatoms. The van der Waals surface area contributed by atoms with Gasteiger partial charge in [0.1, 0.15) is 12.4 Å². The number of halogens is 1. The number of pyridine rings is 2. The maximum Gasteiger partial charge on any atom is 0.340 e. The predicted octanol–water partition coefficient (Wildman–Crippen LogP) is 4.82. The van der Waals surface area contributed by atoms with Gasteiger partial charge >= 0.3 is 5.97 Å². The maximum atomic E-state index is 14.8. The van der Waals surface area contributed by atoms with E-state index < -0.39 is 12.1 Å². The smallest absolute Gasteiger partial charge is 0.340 e. The molecule has 1 aromatic carbocycles. The summed E-state index contributed by atoms with van der Waals surface area (Å²) in [4.78, 5) is 30.0. The first-order valence-electron chi connectivity index (χ1n) is 13.3. The molecule has 0 amide bonds. The van der Waals surface area contributed by atoms with Gasteiger partial charge in [0, 0.05) is 29.2 Å². The predicted molar refractivity (Wildman–Crippen MR) is 140 cm³/mol. The standard InChI is InChI=1S/C25H23FN2O5.2C2H6/c1-11-13-5-4-12(3-2-6-29)20-15-9-28-19(22(15)27-18(21(13)20)8-17(11)26)7-14-16(24(28)31)10-33-25(32)23(14)30;2*1-2/h7-8,12,23,29-30H,2-6,9-10H2,1H3;2*1-2H3. The number of aromatic nitrogens is 2. The Hall–Kier alpha value is -3.10. The third-order valence-corrected chi connectivity index (χ3v) is 7.48. The number of hydrogen-bond acceptors (Lipinski definition) is 6. The monoisotopic (exact) mass is 510 g/mol. The lowest BCUT2D eigenvalue weighted by Crippen LogP contribution is -2.32. The molecule has 4 heterocycles. The van der Waals surface area contributed by atoms with Gasteiger partial charge in [0.2, 0.25) is 0 Å². The summed E-state index contributed by atoms with van der Waals surface area (Å²) in [5, 5.41) is 20.7. The third kappa shape index (κ3) is 4.16. The Morgan fingerprint density at radius 1 is 1.14 bits per heavy atom. The van der Waals surface area contributed by atoms with E-state index >= 15 is 0 Å². The van der Waals surface area contributed by atoms with Gasteiger partial charge in [0.15, 0.2) is 6.10 Å². The van der Waals surface area contributed by atoms with Gasteiger partial charge in [-0.2, -0.15) is 0 Å². The van der Waals surface area contributed by atoms with E-state index in [1.54, 1.807) is 17.6 Å². The van der Waals surface area contributed by atoms with E-state index in [0.717, 1.165) is 41.3 Å². The lowest BCUT2D eigenvalue weighted by atomic mass is 9.76. The molecule has 0 spiro atoms. The van der Waals surface area contributed by atoms with Crippen LogP contribution in [0.4, 0.5) is 4.39 Å². The van der Waals surface area contributed by atoms with Crippen LogP contribution in [-0.2, 0) is 29.1 Å². The molecule has 2 N–H and O–H groups in total. The Bertz CT molecular complexity index is 1430. The highest BCUT2D eigenvalue weighted by molar-refractivity contribution is 5.93. The van der Waals surface area contributed by atoms with Crippen LogP contribution >= 0.6 is 0 Å². The number of aliphatic hydroxyl groups excluding tert-OH is 2. The largest absolute Gasteiger partial charge is 0.458 e. The molecular formula is C29H35FN2O5. The molecule has 0 saturated heterocycles. The number of aryl methyl sites for hydroxylation is 1. The Kier molecular flexibility index (Phi) is 7.80. The summed E-state index contributed by atoms with van der Waals surface area (Å²) < 4.78 is 21.4. The number of benzene rings is 1. The van der Waals surface area contributed by atoms with Crippen molar-refractivity contribution < 1.29 is 24.1 Å². The van der Waals surface area contributed by atoms with Crippen LogP contribution in [0.5, 0.6) is 0 Å². The van der Waals surface area contributed by atoms with Crippen molar-refractivity contribution >= 4 is 16.9 Å². The molecule has 3 aliphatic rings. The highest BCUT2D eigenvalue weighted by Crippen LogP contribution is 2.47. The summed E-state index contributed by atoms with van der Waals surface area (Å²) in [6.45, 7) is 10.0. The van der Waals surface area contributed by atoms with Crippen LogP contribution in [-0.4, -0.2) is 32.3 Å². The number of nitrogens with zero attached hydrogens (tertiary/aromatic N) is 2. The van der Waals surface area contributed by atoms with Crippen molar-refractivity contribution in [3.63, 3.8) is 0 Å². The van der Waals surface area contributed by atoms with E-state index in [9.17, 15) is 24.2 Å². The van der Waals surface area contributed by atoms with Crippen molar-refractivity contribution in [1.29, 1.82) is 0 Å². The van der Waals surface area contributed by atoms with Crippen molar-refractivity contribution in [2.75, 3.05) is 6.61 Å². The number of carbonyl (C=O) groups excluding carboxylic acids is 1. The summed E-state index contributed by atoms with van der Waals surface area (Å²) in [6, 6.07) is 3.11. The Balaban J connectivity index is 0.000000765. The van der Waals surface area contributed by atoms with Gasteiger partial charge in [-0.1, -0.05) is 27.7 Å². The zero-order valence-electron chi connectivity index (χ0n) is 22.2. The topological polar surface area (TPSA) is 102 Å². The van der Waals surface area contributed by atoms with Crippen molar-refractivity contribution in [2.45, 2.75) is 85.5 Å². The van der Waals surface area contributed by atoms with Crippen molar-refractivity contribution in [2.24, 2.45) is 0 Å². The van der Waals surface area contributed by atoms with Crippen LogP contribution in [0, 0.1) is 12.7 Å². The number of fused-ring (bicyclic) bond motifs is 5. The average Bonchev–Trinajstić information content (AvgIpc) is 3.29. The zero-order valence-corrected chi connectivity index (χ0v) is 22.2. The van der Waals surface area contributed by atoms with Crippen LogP contribution < -0.4 is 5.56 Å². The molecule has 37 heavy (non-hydrogen) atoms. The van der Waals surface area contributed by atoms with Gasteiger partial charge in [-0.3, -0.25) is 4.79 Å². The Labute approximate surface area is 215 Å². The quantitative estimate of drug-likeness (QED) is 0.383. The third-order valence-electron chi connectivity index (χ3n) is 7.48. The highest BCUT2D eigenvalue weighted by Gasteiger charge is 2.37. The van der Waals surface area contributed by atoms with Crippen LogP contribution in [0.15, 0.2) is 16.9 Å². The summed E-state index contributed by atoms with van der Waals surface area (Å²) in [5.41, 5.74) is 5.49. The molecule has 2 unspecified atom stereocenters. The second kappa shape index (κ2) is 10.7. The highest BCUT2D eigenvalue weighted by atomic mass is 19.1. The van der Waals surface area contributed by atoms with E-state index in [1.165, 1.54) is 6.07 Å².